The van der Waals surface area contributed by atoms with Crippen LogP contribution in [-0.4, -0.2) is 55.8 Å². The van der Waals surface area contributed by atoms with E-state index in [0.717, 1.165) is 41.8 Å². The topological polar surface area (TPSA) is 104 Å². The van der Waals surface area contributed by atoms with E-state index in [9.17, 15) is 27.2 Å². The van der Waals surface area contributed by atoms with Crippen molar-refractivity contribution in [1.29, 1.82) is 0 Å². The number of carbonyl (C=O) groups is 3. The molecule has 0 unspecified atom stereocenters. The van der Waals surface area contributed by atoms with Gasteiger partial charge in [0.15, 0.2) is 5.78 Å². The zero-order valence-electron chi connectivity index (χ0n) is 23.8. The quantitative estimate of drug-likeness (QED) is 0.312. The fourth-order valence-electron chi connectivity index (χ4n) is 5.20. The minimum Gasteiger partial charge on any atom is -0.352 e. The van der Waals surface area contributed by atoms with Crippen molar-refractivity contribution >= 4 is 33.3 Å². The highest BCUT2D eigenvalue weighted by atomic mass is 32.2. The Kier molecular flexibility index (Phi) is 10.1. The second-order valence-electron chi connectivity index (χ2n) is 10.7. The molecule has 4 rings (SSSR count). The molecule has 1 atom stereocenters. The van der Waals surface area contributed by atoms with Gasteiger partial charge < -0.3 is 10.2 Å². The van der Waals surface area contributed by atoms with Gasteiger partial charge in [-0.3, -0.25) is 18.7 Å². The number of sulfonamides is 1. The van der Waals surface area contributed by atoms with Gasteiger partial charge in [0.05, 0.1) is 11.9 Å². The van der Waals surface area contributed by atoms with Crippen molar-refractivity contribution in [3.05, 3.63) is 101 Å². The number of rotatable bonds is 12. The fraction of sp³-hybridized carbons (Fsp3) is 0.344. The standard InChI is InChI=1S/C32H36FN3O5S/c1-23(37)26-11-8-14-29(20-26)36(42(2,40)41)22-31(38)35(21-25-15-17-27(33)18-16-25)30(19-24-9-4-3-5-10-24)32(39)34-28-12-6-7-13-28/h3-5,8-11,14-18,20,28,30H,6-7,12-13,19,21-22H2,1-2H3,(H,34,39)/t30-/m0/s1. The predicted molar refractivity (Wildman–Crippen MR) is 160 cm³/mol. The summed E-state index contributed by atoms with van der Waals surface area (Å²) >= 11 is 0. The molecule has 1 saturated carbocycles. The van der Waals surface area contributed by atoms with Crippen LogP contribution in [-0.2, 0) is 32.6 Å². The van der Waals surface area contributed by atoms with Crippen molar-refractivity contribution < 1.29 is 27.2 Å². The van der Waals surface area contributed by atoms with Crippen LogP contribution in [0.1, 0.15) is 54.1 Å². The van der Waals surface area contributed by atoms with E-state index < -0.39 is 34.3 Å². The van der Waals surface area contributed by atoms with Crippen LogP contribution < -0.4 is 9.62 Å². The third-order valence-corrected chi connectivity index (χ3v) is 8.60. The zero-order valence-corrected chi connectivity index (χ0v) is 24.6. The number of ketones is 1. The van der Waals surface area contributed by atoms with Crippen molar-refractivity contribution in [3.8, 4) is 0 Å². The van der Waals surface area contributed by atoms with Gasteiger partial charge in [0.25, 0.3) is 0 Å². The maximum atomic E-state index is 14.1. The minimum absolute atomic E-state index is 0.000357. The molecular weight excluding hydrogens is 557 g/mol. The molecule has 8 nitrogen and oxygen atoms in total. The molecule has 0 radical (unpaired) electrons. The predicted octanol–water partition coefficient (Wildman–Crippen LogP) is 4.49. The molecule has 0 aromatic heterocycles. The first-order valence-corrected chi connectivity index (χ1v) is 15.8. The summed E-state index contributed by atoms with van der Waals surface area (Å²) < 4.78 is 40.5. The van der Waals surface area contributed by atoms with Crippen molar-refractivity contribution in [2.75, 3.05) is 17.1 Å². The van der Waals surface area contributed by atoms with Gasteiger partial charge in [-0.15, -0.1) is 0 Å². The van der Waals surface area contributed by atoms with Gasteiger partial charge in [0.2, 0.25) is 21.8 Å². The Hall–Kier alpha value is -4.05. The van der Waals surface area contributed by atoms with Crippen molar-refractivity contribution in [2.45, 2.75) is 57.7 Å². The lowest BCUT2D eigenvalue weighted by molar-refractivity contribution is -0.140. The summed E-state index contributed by atoms with van der Waals surface area (Å²) in [7, 11) is -3.97. The van der Waals surface area contributed by atoms with Crippen LogP contribution in [0.15, 0.2) is 78.9 Å². The van der Waals surface area contributed by atoms with E-state index in [4.69, 9.17) is 0 Å². The van der Waals surface area contributed by atoms with E-state index in [0.29, 0.717) is 11.1 Å². The average Bonchev–Trinajstić information content (AvgIpc) is 3.47. The zero-order chi connectivity index (χ0) is 30.3. The molecule has 0 heterocycles. The summed E-state index contributed by atoms with van der Waals surface area (Å²) in [4.78, 5) is 41.3. The summed E-state index contributed by atoms with van der Waals surface area (Å²) in [6.45, 7) is 0.736. The molecule has 0 saturated heterocycles. The number of hydrogen-bond donors (Lipinski definition) is 1. The van der Waals surface area contributed by atoms with Gasteiger partial charge in [-0.2, -0.15) is 0 Å². The highest BCUT2D eigenvalue weighted by Crippen LogP contribution is 2.23. The van der Waals surface area contributed by atoms with E-state index in [1.165, 1.54) is 48.2 Å². The molecule has 1 aliphatic rings. The Labute approximate surface area is 246 Å². The van der Waals surface area contributed by atoms with Gasteiger partial charge >= 0.3 is 0 Å². The highest BCUT2D eigenvalue weighted by molar-refractivity contribution is 7.92. The largest absolute Gasteiger partial charge is 0.352 e. The van der Waals surface area contributed by atoms with E-state index in [1.807, 2.05) is 30.3 Å². The molecule has 1 fully saturated rings. The normalized spacial score (nSPS) is 14.3. The molecule has 0 aliphatic heterocycles. The molecule has 10 heteroatoms. The number of anilines is 1. The van der Waals surface area contributed by atoms with Crippen LogP contribution in [0.3, 0.4) is 0 Å². The van der Waals surface area contributed by atoms with Crippen LogP contribution in [0.2, 0.25) is 0 Å². The van der Waals surface area contributed by atoms with E-state index in [-0.39, 0.29) is 36.4 Å². The molecular formula is C32H36FN3O5S. The Bertz CT molecular complexity index is 1510. The number of hydrogen-bond acceptors (Lipinski definition) is 5. The SMILES string of the molecule is CC(=O)c1cccc(N(CC(=O)N(Cc2ccc(F)cc2)[C@@H](Cc2ccccc2)C(=O)NC2CCCC2)S(C)(=O)=O)c1. The van der Waals surface area contributed by atoms with E-state index >= 15 is 0 Å². The summed E-state index contributed by atoms with van der Waals surface area (Å²) in [5.74, 6) is -1.63. The first-order valence-electron chi connectivity index (χ1n) is 14.0. The Balaban J connectivity index is 1.73. The van der Waals surface area contributed by atoms with Crippen molar-refractivity contribution in [3.63, 3.8) is 0 Å². The summed E-state index contributed by atoms with van der Waals surface area (Å²) in [6, 6.07) is 20.0. The first-order chi connectivity index (χ1) is 20.0. The molecule has 0 bridgehead atoms. The van der Waals surface area contributed by atoms with Crippen molar-refractivity contribution in [2.24, 2.45) is 0 Å². The van der Waals surface area contributed by atoms with Gasteiger partial charge in [-0.1, -0.05) is 67.4 Å². The van der Waals surface area contributed by atoms with Crippen molar-refractivity contribution in [1.82, 2.24) is 10.2 Å². The second kappa shape index (κ2) is 13.7. The first kappa shape index (κ1) is 30.9. The second-order valence-corrected chi connectivity index (χ2v) is 12.6. The van der Waals surface area contributed by atoms with Crippen LogP contribution in [0.5, 0.6) is 0 Å². The smallest absolute Gasteiger partial charge is 0.244 e. The molecule has 0 spiro atoms. The lowest BCUT2D eigenvalue weighted by Crippen LogP contribution is -2.54. The lowest BCUT2D eigenvalue weighted by atomic mass is 10.0. The number of benzene rings is 3. The molecule has 42 heavy (non-hydrogen) atoms. The molecule has 3 aromatic rings. The van der Waals surface area contributed by atoms with Gasteiger partial charge in [0, 0.05) is 24.6 Å². The number of amides is 2. The average molecular weight is 594 g/mol. The number of halogens is 1. The maximum Gasteiger partial charge on any atom is 0.244 e. The summed E-state index contributed by atoms with van der Waals surface area (Å²) in [5, 5.41) is 3.10. The Morgan fingerprint density at radius 1 is 0.929 bits per heavy atom. The Morgan fingerprint density at radius 3 is 2.21 bits per heavy atom. The summed E-state index contributed by atoms with van der Waals surface area (Å²) in [6.07, 6.45) is 4.91. The number of Topliss-reactive ketones (excluding diaryl/α,β-unsaturated/α-hetero) is 1. The fourth-order valence-corrected chi connectivity index (χ4v) is 6.04. The number of carbonyl (C=O) groups excluding carboxylic acids is 3. The van der Waals surface area contributed by atoms with Crippen LogP contribution in [0, 0.1) is 5.82 Å². The highest BCUT2D eigenvalue weighted by Gasteiger charge is 2.34. The molecule has 222 valence electrons. The van der Waals surface area contributed by atoms with Crippen LogP contribution in [0.25, 0.3) is 0 Å². The van der Waals surface area contributed by atoms with Crippen LogP contribution in [0.4, 0.5) is 10.1 Å². The maximum absolute atomic E-state index is 14.1. The van der Waals surface area contributed by atoms with Gasteiger partial charge in [-0.05, 0) is 55.2 Å². The third-order valence-electron chi connectivity index (χ3n) is 7.46. The van der Waals surface area contributed by atoms with Gasteiger partial charge in [-0.25, -0.2) is 12.8 Å². The monoisotopic (exact) mass is 593 g/mol. The van der Waals surface area contributed by atoms with Crippen LogP contribution >= 0.6 is 0 Å². The molecule has 1 aliphatic carbocycles. The molecule has 1 N–H and O–H groups in total. The molecule has 3 aromatic carbocycles. The lowest BCUT2D eigenvalue weighted by Gasteiger charge is -2.34. The minimum atomic E-state index is -3.97. The van der Waals surface area contributed by atoms with E-state index in [2.05, 4.69) is 5.32 Å². The number of nitrogens with zero attached hydrogens (tertiary/aromatic N) is 2. The van der Waals surface area contributed by atoms with Gasteiger partial charge in [0.1, 0.15) is 18.4 Å². The number of nitrogens with one attached hydrogen (secondary N) is 1. The molecule has 2 amide bonds. The summed E-state index contributed by atoms with van der Waals surface area (Å²) in [5.41, 5.74) is 1.88. The van der Waals surface area contributed by atoms with E-state index in [1.54, 1.807) is 12.1 Å². The Morgan fingerprint density at radius 2 is 1.60 bits per heavy atom. The third kappa shape index (κ3) is 8.25.